The number of unbranched alkanes of at least 4 members (excludes halogenated alkanes) is 6. The standard InChI is InChI=1S/C18H30BrNO/c1-3-4-5-6-7-8-9-10-16(20)13-15-11-12-18(21-2)17(19)14-15/h11-12,14,16H,3-10,13,20H2,1-2H3. The second kappa shape index (κ2) is 11.1. The average molecular weight is 356 g/mol. The van der Waals surface area contributed by atoms with E-state index in [0.717, 1.165) is 23.1 Å². The van der Waals surface area contributed by atoms with E-state index in [4.69, 9.17) is 10.5 Å². The number of nitrogens with two attached hydrogens (primary N) is 1. The molecule has 0 saturated carbocycles. The Bertz CT molecular complexity index is 395. The fraction of sp³-hybridized carbons (Fsp3) is 0.667. The fourth-order valence-electron chi connectivity index (χ4n) is 2.61. The monoisotopic (exact) mass is 355 g/mol. The van der Waals surface area contributed by atoms with Crippen molar-refractivity contribution >= 4 is 15.9 Å². The summed E-state index contributed by atoms with van der Waals surface area (Å²) in [4.78, 5) is 0. The molecule has 1 aromatic carbocycles. The van der Waals surface area contributed by atoms with Crippen LogP contribution in [0, 0.1) is 0 Å². The van der Waals surface area contributed by atoms with Crippen molar-refractivity contribution in [1.29, 1.82) is 0 Å². The van der Waals surface area contributed by atoms with Crippen molar-refractivity contribution in [3.8, 4) is 5.75 Å². The minimum Gasteiger partial charge on any atom is -0.496 e. The first-order valence-corrected chi connectivity index (χ1v) is 9.04. The van der Waals surface area contributed by atoms with Gasteiger partial charge in [0.15, 0.2) is 0 Å². The predicted octanol–water partition coefficient (Wildman–Crippen LogP) is 5.47. The summed E-state index contributed by atoms with van der Waals surface area (Å²) < 4.78 is 6.25. The summed E-state index contributed by atoms with van der Waals surface area (Å²) in [6, 6.07) is 6.48. The topological polar surface area (TPSA) is 35.2 Å². The molecule has 0 radical (unpaired) electrons. The fourth-order valence-corrected chi connectivity index (χ4v) is 3.19. The summed E-state index contributed by atoms with van der Waals surface area (Å²) in [7, 11) is 1.69. The van der Waals surface area contributed by atoms with E-state index in [1.807, 2.05) is 6.07 Å². The first-order valence-electron chi connectivity index (χ1n) is 8.25. The van der Waals surface area contributed by atoms with E-state index in [-0.39, 0.29) is 6.04 Å². The molecular formula is C18H30BrNO. The highest BCUT2D eigenvalue weighted by molar-refractivity contribution is 9.10. The van der Waals surface area contributed by atoms with Crippen LogP contribution in [0.15, 0.2) is 22.7 Å². The molecule has 2 N–H and O–H groups in total. The van der Waals surface area contributed by atoms with Crippen LogP contribution in [0.2, 0.25) is 0 Å². The number of rotatable bonds is 11. The molecule has 120 valence electrons. The molecule has 0 aromatic heterocycles. The average Bonchev–Trinajstić information content (AvgIpc) is 2.46. The summed E-state index contributed by atoms with van der Waals surface area (Å²) >= 11 is 3.53. The summed E-state index contributed by atoms with van der Waals surface area (Å²) in [5, 5.41) is 0. The minimum absolute atomic E-state index is 0.265. The minimum atomic E-state index is 0.265. The lowest BCUT2D eigenvalue weighted by Gasteiger charge is -2.13. The molecule has 21 heavy (non-hydrogen) atoms. The third-order valence-electron chi connectivity index (χ3n) is 3.89. The Balaban J connectivity index is 2.18. The van der Waals surface area contributed by atoms with Crippen LogP contribution in [0.3, 0.4) is 0 Å². The van der Waals surface area contributed by atoms with Crippen LogP contribution in [0.25, 0.3) is 0 Å². The Morgan fingerprint density at radius 3 is 2.38 bits per heavy atom. The summed E-state index contributed by atoms with van der Waals surface area (Å²) in [6.07, 6.45) is 11.5. The van der Waals surface area contributed by atoms with Crippen LogP contribution in [0.1, 0.15) is 63.9 Å². The Morgan fingerprint density at radius 1 is 1.10 bits per heavy atom. The number of halogens is 1. The normalized spacial score (nSPS) is 12.4. The van der Waals surface area contributed by atoms with Crippen LogP contribution in [-0.2, 0) is 6.42 Å². The first kappa shape index (κ1) is 18.5. The van der Waals surface area contributed by atoms with Crippen molar-refractivity contribution < 1.29 is 4.74 Å². The first-order chi connectivity index (χ1) is 10.2. The molecule has 3 heteroatoms. The van der Waals surface area contributed by atoms with Crippen LogP contribution in [0.4, 0.5) is 0 Å². The molecule has 1 aromatic rings. The Labute approximate surface area is 138 Å². The van der Waals surface area contributed by atoms with Crippen molar-refractivity contribution in [2.75, 3.05) is 7.11 Å². The molecule has 0 heterocycles. The molecule has 2 nitrogen and oxygen atoms in total. The van der Waals surface area contributed by atoms with Crippen molar-refractivity contribution in [2.45, 2.75) is 70.8 Å². The van der Waals surface area contributed by atoms with Gasteiger partial charge in [0.2, 0.25) is 0 Å². The van der Waals surface area contributed by atoms with Crippen LogP contribution in [0.5, 0.6) is 5.75 Å². The molecule has 1 rings (SSSR count). The second-order valence-corrected chi connectivity index (χ2v) is 6.70. The molecular weight excluding hydrogens is 326 g/mol. The summed E-state index contributed by atoms with van der Waals surface area (Å²) in [6.45, 7) is 2.26. The van der Waals surface area contributed by atoms with Gasteiger partial charge in [-0.05, 0) is 46.5 Å². The van der Waals surface area contributed by atoms with E-state index in [9.17, 15) is 0 Å². The number of ether oxygens (including phenoxy) is 1. The zero-order valence-electron chi connectivity index (χ0n) is 13.5. The molecule has 0 amide bonds. The SMILES string of the molecule is CCCCCCCCCC(N)Cc1ccc(OC)c(Br)c1. The molecule has 0 saturated heterocycles. The lowest BCUT2D eigenvalue weighted by molar-refractivity contribution is 0.412. The van der Waals surface area contributed by atoms with Gasteiger partial charge >= 0.3 is 0 Å². The number of benzene rings is 1. The molecule has 0 spiro atoms. The van der Waals surface area contributed by atoms with Gasteiger partial charge in [-0.3, -0.25) is 0 Å². The molecule has 0 aliphatic carbocycles. The van der Waals surface area contributed by atoms with Gasteiger partial charge in [0, 0.05) is 6.04 Å². The highest BCUT2D eigenvalue weighted by Gasteiger charge is 2.07. The third kappa shape index (κ3) is 7.87. The van der Waals surface area contributed by atoms with E-state index in [1.54, 1.807) is 7.11 Å². The van der Waals surface area contributed by atoms with Gasteiger partial charge in [0.25, 0.3) is 0 Å². The molecule has 0 fully saturated rings. The Morgan fingerprint density at radius 2 is 1.76 bits per heavy atom. The lowest BCUT2D eigenvalue weighted by atomic mass is 10.00. The second-order valence-electron chi connectivity index (χ2n) is 5.84. The molecule has 0 bridgehead atoms. The zero-order chi connectivity index (χ0) is 15.5. The summed E-state index contributed by atoms with van der Waals surface area (Å²) in [5.41, 5.74) is 7.52. The maximum absolute atomic E-state index is 6.24. The van der Waals surface area contributed by atoms with Gasteiger partial charge < -0.3 is 10.5 Å². The van der Waals surface area contributed by atoms with Crippen molar-refractivity contribution in [1.82, 2.24) is 0 Å². The molecule has 0 aliphatic heterocycles. The number of methoxy groups -OCH3 is 1. The van der Waals surface area contributed by atoms with Crippen LogP contribution < -0.4 is 10.5 Å². The molecule has 1 unspecified atom stereocenters. The van der Waals surface area contributed by atoms with Crippen molar-refractivity contribution in [3.63, 3.8) is 0 Å². The van der Waals surface area contributed by atoms with Gasteiger partial charge in [0.05, 0.1) is 11.6 Å². The highest BCUT2D eigenvalue weighted by atomic mass is 79.9. The van der Waals surface area contributed by atoms with Gasteiger partial charge in [-0.15, -0.1) is 0 Å². The van der Waals surface area contributed by atoms with Crippen molar-refractivity contribution in [2.24, 2.45) is 5.73 Å². The van der Waals surface area contributed by atoms with Crippen LogP contribution in [-0.4, -0.2) is 13.2 Å². The molecule has 0 aliphatic rings. The third-order valence-corrected chi connectivity index (χ3v) is 4.51. The maximum atomic E-state index is 6.24. The Kier molecular flexibility index (Phi) is 9.77. The van der Waals surface area contributed by atoms with E-state index in [2.05, 4.69) is 35.0 Å². The predicted molar refractivity (Wildman–Crippen MR) is 95.0 cm³/mol. The van der Waals surface area contributed by atoms with E-state index in [0.29, 0.717) is 0 Å². The highest BCUT2D eigenvalue weighted by Crippen LogP contribution is 2.26. The number of hydrogen-bond donors (Lipinski definition) is 1. The maximum Gasteiger partial charge on any atom is 0.133 e. The Hall–Kier alpha value is -0.540. The smallest absolute Gasteiger partial charge is 0.133 e. The van der Waals surface area contributed by atoms with Gasteiger partial charge in [-0.2, -0.15) is 0 Å². The van der Waals surface area contributed by atoms with E-state index in [1.165, 1.54) is 50.5 Å². The lowest BCUT2D eigenvalue weighted by Crippen LogP contribution is -2.22. The van der Waals surface area contributed by atoms with Gasteiger partial charge in [-0.25, -0.2) is 0 Å². The quantitative estimate of drug-likeness (QED) is 0.534. The van der Waals surface area contributed by atoms with Gasteiger partial charge in [-0.1, -0.05) is 57.9 Å². The van der Waals surface area contributed by atoms with E-state index < -0.39 is 0 Å². The largest absolute Gasteiger partial charge is 0.496 e. The zero-order valence-corrected chi connectivity index (χ0v) is 15.1. The van der Waals surface area contributed by atoms with Crippen molar-refractivity contribution in [3.05, 3.63) is 28.2 Å². The van der Waals surface area contributed by atoms with E-state index >= 15 is 0 Å². The van der Waals surface area contributed by atoms with Gasteiger partial charge in [0.1, 0.15) is 5.75 Å². The molecule has 1 atom stereocenters. The summed E-state index contributed by atoms with van der Waals surface area (Å²) in [5.74, 6) is 0.874. The number of hydrogen-bond acceptors (Lipinski definition) is 2. The van der Waals surface area contributed by atoms with Crippen LogP contribution >= 0.6 is 15.9 Å².